The lowest BCUT2D eigenvalue weighted by Gasteiger charge is -2.11. The zero-order valence-corrected chi connectivity index (χ0v) is 11.0. The molecule has 0 aliphatic rings. The monoisotopic (exact) mass is 250 g/mol. The lowest BCUT2D eigenvalue weighted by molar-refractivity contribution is 0.0899. The number of hydrogen-bond acceptors (Lipinski definition) is 2. The Hall–Kier alpha value is -1.51. The zero-order valence-electron chi connectivity index (χ0n) is 11.0. The van der Waals surface area contributed by atoms with Crippen LogP contribution in [0.3, 0.4) is 0 Å². The fraction of sp³-hybridized carbons (Fsp3) is 0.533. The Balaban J connectivity index is 2.03. The predicted molar refractivity (Wildman–Crippen MR) is 71.9 cm³/mol. The van der Waals surface area contributed by atoms with Gasteiger partial charge in [-0.05, 0) is 24.3 Å². The van der Waals surface area contributed by atoms with E-state index < -0.39 is 6.16 Å². The van der Waals surface area contributed by atoms with Crippen LogP contribution >= 0.6 is 0 Å². The molecule has 0 radical (unpaired) electrons. The molecule has 0 saturated carbocycles. The normalized spacial score (nSPS) is 12.1. The van der Waals surface area contributed by atoms with E-state index in [0.29, 0.717) is 12.5 Å². The molecule has 0 heterocycles. The topological polar surface area (TPSA) is 46.5 Å². The predicted octanol–water partition coefficient (Wildman–Crippen LogP) is 4.44. The summed E-state index contributed by atoms with van der Waals surface area (Å²) in [5, 5.41) is 8.29. The van der Waals surface area contributed by atoms with Crippen molar-refractivity contribution in [3.8, 4) is 0 Å². The van der Waals surface area contributed by atoms with Crippen molar-refractivity contribution < 1.29 is 14.6 Å². The maximum Gasteiger partial charge on any atom is 0.505 e. The van der Waals surface area contributed by atoms with Gasteiger partial charge in [0, 0.05) is 0 Å². The number of benzene rings is 1. The summed E-state index contributed by atoms with van der Waals surface area (Å²) in [6.45, 7) is 2.58. The third-order valence-electron chi connectivity index (χ3n) is 3.13. The van der Waals surface area contributed by atoms with Crippen LogP contribution in [0.25, 0.3) is 0 Å². The summed E-state index contributed by atoms with van der Waals surface area (Å²) in [5.74, 6) is 0.599. The van der Waals surface area contributed by atoms with Crippen molar-refractivity contribution in [1.29, 1.82) is 0 Å². The van der Waals surface area contributed by atoms with Crippen LogP contribution in [0.15, 0.2) is 30.3 Å². The molecule has 1 unspecified atom stereocenters. The highest BCUT2D eigenvalue weighted by Crippen LogP contribution is 2.21. The van der Waals surface area contributed by atoms with Crippen molar-refractivity contribution in [3.63, 3.8) is 0 Å². The van der Waals surface area contributed by atoms with Crippen LogP contribution in [0.5, 0.6) is 0 Å². The first kappa shape index (κ1) is 14.6. The van der Waals surface area contributed by atoms with Crippen LogP contribution in [-0.4, -0.2) is 17.9 Å². The molecule has 100 valence electrons. The number of ether oxygens (including phenoxy) is 1. The summed E-state index contributed by atoms with van der Waals surface area (Å²) in [6.07, 6.45) is 4.20. The summed E-state index contributed by atoms with van der Waals surface area (Å²) in [5.41, 5.74) is 1.40. The number of carboxylic acid groups (broad SMARTS) is 1. The fourth-order valence-corrected chi connectivity index (χ4v) is 2.01. The number of rotatable bonds is 8. The summed E-state index contributed by atoms with van der Waals surface area (Å²) in [7, 11) is 0. The molecule has 0 fully saturated rings. The third kappa shape index (κ3) is 6.28. The van der Waals surface area contributed by atoms with Gasteiger partial charge in [-0.1, -0.05) is 56.5 Å². The van der Waals surface area contributed by atoms with Crippen molar-refractivity contribution in [2.24, 2.45) is 0 Å². The van der Waals surface area contributed by atoms with Crippen LogP contribution in [-0.2, 0) is 4.74 Å². The lowest BCUT2D eigenvalue weighted by atomic mass is 9.95. The summed E-state index contributed by atoms with van der Waals surface area (Å²) in [6, 6.07) is 10.5. The molecule has 1 N–H and O–H groups in total. The molecule has 1 rings (SSSR count). The standard InChI is InChI=1S/C15H22O3/c1-13(14-10-6-4-7-11-14)9-5-2-3-8-12-18-15(16)17/h4,6-7,10-11,13H,2-3,5,8-9,12H2,1H3,(H,16,17). The van der Waals surface area contributed by atoms with Gasteiger partial charge in [-0.15, -0.1) is 0 Å². The number of unbranched alkanes of at least 4 members (excludes halogenated alkanes) is 3. The van der Waals surface area contributed by atoms with Gasteiger partial charge in [-0.25, -0.2) is 4.79 Å². The average molecular weight is 250 g/mol. The smallest absolute Gasteiger partial charge is 0.450 e. The summed E-state index contributed by atoms with van der Waals surface area (Å²) >= 11 is 0. The average Bonchev–Trinajstić information content (AvgIpc) is 2.38. The van der Waals surface area contributed by atoms with E-state index in [-0.39, 0.29) is 0 Å². The first-order chi connectivity index (χ1) is 8.70. The van der Waals surface area contributed by atoms with E-state index in [0.717, 1.165) is 19.3 Å². The van der Waals surface area contributed by atoms with Gasteiger partial charge in [0.05, 0.1) is 6.61 Å². The highest BCUT2D eigenvalue weighted by molar-refractivity contribution is 5.56. The van der Waals surface area contributed by atoms with Gasteiger partial charge >= 0.3 is 6.16 Å². The Labute approximate surface area is 109 Å². The molecule has 0 spiro atoms. The van der Waals surface area contributed by atoms with Crippen LogP contribution in [0.2, 0.25) is 0 Å². The van der Waals surface area contributed by atoms with Crippen molar-refractivity contribution in [2.75, 3.05) is 6.61 Å². The van der Waals surface area contributed by atoms with Gasteiger partial charge in [0.15, 0.2) is 0 Å². The fourth-order valence-electron chi connectivity index (χ4n) is 2.01. The van der Waals surface area contributed by atoms with Gasteiger partial charge < -0.3 is 9.84 Å². The first-order valence-corrected chi connectivity index (χ1v) is 6.61. The molecule has 18 heavy (non-hydrogen) atoms. The molecular formula is C15H22O3. The highest BCUT2D eigenvalue weighted by atomic mass is 16.7. The van der Waals surface area contributed by atoms with Gasteiger partial charge in [-0.2, -0.15) is 0 Å². The Morgan fingerprint density at radius 1 is 1.17 bits per heavy atom. The van der Waals surface area contributed by atoms with Gasteiger partial charge in [0.25, 0.3) is 0 Å². The Kier molecular flexibility index (Phi) is 6.92. The van der Waals surface area contributed by atoms with Crippen LogP contribution < -0.4 is 0 Å². The Morgan fingerprint density at radius 2 is 1.83 bits per heavy atom. The molecule has 3 nitrogen and oxygen atoms in total. The van der Waals surface area contributed by atoms with Crippen LogP contribution in [0, 0.1) is 0 Å². The van der Waals surface area contributed by atoms with E-state index in [1.165, 1.54) is 18.4 Å². The van der Waals surface area contributed by atoms with Gasteiger partial charge in [0.1, 0.15) is 0 Å². The van der Waals surface area contributed by atoms with Gasteiger partial charge in [0.2, 0.25) is 0 Å². The summed E-state index contributed by atoms with van der Waals surface area (Å²) in [4.78, 5) is 10.1. The second kappa shape index (κ2) is 8.56. The molecule has 1 aromatic rings. The van der Waals surface area contributed by atoms with Crippen molar-refractivity contribution >= 4 is 6.16 Å². The van der Waals surface area contributed by atoms with Crippen molar-refractivity contribution in [3.05, 3.63) is 35.9 Å². The third-order valence-corrected chi connectivity index (χ3v) is 3.13. The summed E-state index contributed by atoms with van der Waals surface area (Å²) < 4.78 is 4.46. The second-order valence-electron chi connectivity index (χ2n) is 4.63. The molecule has 1 atom stereocenters. The van der Waals surface area contributed by atoms with E-state index >= 15 is 0 Å². The lowest BCUT2D eigenvalue weighted by Crippen LogP contribution is -2.01. The van der Waals surface area contributed by atoms with Crippen molar-refractivity contribution in [1.82, 2.24) is 0 Å². The Morgan fingerprint density at radius 3 is 2.50 bits per heavy atom. The SMILES string of the molecule is CC(CCCCCCOC(=O)O)c1ccccc1. The molecule has 3 heteroatoms. The quantitative estimate of drug-likeness (QED) is 0.548. The van der Waals surface area contributed by atoms with E-state index in [1.54, 1.807) is 0 Å². The molecule has 0 aliphatic carbocycles. The molecule has 0 bridgehead atoms. The number of hydrogen-bond donors (Lipinski definition) is 1. The van der Waals surface area contributed by atoms with E-state index in [2.05, 4.69) is 35.9 Å². The minimum Gasteiger partial charge on any atom is -0.450 e. The molecule has 0 aromatic heterocycles. The minimum atomic E-state index is -1.17. The zero-order chi connectivity index (χ0) is 13.2. The largest absolute Gasteiger partial charge is 0.505 e. The minimum absolute atomic E-state index is 0.323. The van der Waals surface area contributed by atoms with E-state index in [1.807, 2.05) is 6.07 Å². The molecule has 1 aromatic carbocycles. The second-order valence-corrected chi connectivity index (χ2v) is 4.63. The highest BCUT2D eigenvalue weighted by Gasteiger charge is 2.04. The molecular weight excluding hydrogens is 228 g/mol. The first-order valence-electron chi connectivity index (χ1n) is 6.61. The maximum absolute atomic E-state index is 10.1. The Bertz CT molecular complexity index is 335. The molecule has 0 aliphatic heterocycles. The van der Waals surface area contributed by atoms with Crippen LogP contribution in [0.4, 0.5) is 4.79 Å². The molecule has 0 amide bonds. The maximum atomic E-state index is 10.1. The van der Waals surface area contributed by atoms with E-state index in [4.69, 9.17) is 5.11 Å². The van der Waals surface area contributed by atoms with Crippen LogP contribution in [0.1, 0.15) is 50.5 Å². The number of carbonyl (C=O) groups is 1. The van der Waals surface area contributed by atoms with Gasteiger partial charge in [-0.3, -0.25) is 0 Å². The van der Waals surface area contributed by atoms with Crippen molar-refractivity contribution in [2.45, 2.75) is 44.9 Å². The van der Waals surface area contributed by atoms with E-state index in [9.17, 15) is 4.79 Å². The molecule has 0 saturated heterocycles.